The van der Waals surface area contributed by atoms with Gasteiger partial charge >= 0.3 is 0 Å². The van der Waals surface area contributed by atoms with E-state index in [2.05, 4.69) is 27.2 Å². The van der Waals surface area contributed by atoms with Crippen LogP contribution in [-0.4, -0.2) is 73.6 Å². The Hall–Kier alpha value is -3.57. The van der Waals surface area contributed by atoms with Crippen molar-refractivity contribution in [1.82, 2.24) is 25.5 Å². The van der Waals surface area contributed by atoms with Crippen LogP contribution < -0.4 is 31.7 Å². The van der Waals surface area contributed by atoms with Crippen molar-refractivity contribution in [1.29, 1.82) is 0 Å². The number of halogens is 1. The summed E-state index contributed by atoms with van der Waals surface area (Å²) in [4.78, 5) is 35.8. The molecule has 0 aliphatic heterocycles. The third kappa shape index (κ3) is 8.01. The number of carbonyl (C=O) groups is 2. The minimum atomic E-state index is -0.542. The van der Waals surface area contributed by atoms with Gasteiger partial charge in [-0.25, -0.2) is 9.97 Å². The van der Waals surface area contributed by atoms with Crippen LogP contribution in [0.1, 0.15) is 23.0 Å². The molecule has 0 fully saturated rings. The maximum absolute atomic E-state index is 12.6. The Morgan fingerprint density at radius 3 is 2.54 bits per heavy atom. The van der Waals surface area contributed by atoms with Crippen molar-refractivity contribution < 1.29 is 14.3 Å². The van der Waals surface area contributed by atoms with E-state index in [9.17, 15) is 9.59 Å². The lowest BCUT2D eigenvalue weighted by Crippen LogP contribution is -2.35. The van der Waals surface area contributed by atoms with Gasteiger partial charge in [0.1, 0.15) is 12.4 Å². The second-order valence-electron chi connectivity index (χ2n) is 8.01. The molecule has 0 spiro atoms. The van der Waals surface area contributed by atoms with Crippen LogP contribution in [0.5, 0.6) is 5.75 Å². The van der Waals surface area contributed by atoms with Gasteiger partial charge in [0.05, 0.1) is 19.6 Å². The van der Waals surface area contributed by atoms with E-state index in [1.54, 1.807) is 4.90 Å². The first-order chi connectivity index (χ1) is 16.5. The van der Waals surface area contributed by atoms with Crippen LogP contribution in [-0.2, 0) is 4.79 Å². The van der Waals surface area contributed by atoms with Crippen molar-refractivity contribution in [3.8, 4) is 5.75 Å². The predicted molar refractivity (Wildman–Crippen MR) is 139 cm³/mol. The number of ether oxygens (including phenoxy) is 1. The molecule has 190 valence electrons. The Morgan fingerprint density at radius 1 is 1.17 bits per heavy atom. The largest absolute Gasteiger partial charge is 0.492 e. The third-order valence-corrected chi connectivity index (χ3v) is 5.17. The highest BCUT2D eigenvalue weighted by Gasteiger charge is 2.18. The number of aromatic nitrogens is 2. The zero-order valence-electron chi connectivity index (χ0n) is 20.5. The molecule has 6 N–H and O–H groups in total. The van der Waals surface area contributed by atoms with E-state index in [0.717, 1.165) is 11.3 Å². The summed E-state index contributed by atoms with van der Waals surface area (Å²) in [5, 5.41) is 5.45. The molecule has 1 aromatic heterocycles. The predicted octanol–water partition coefficient (Wildman–Crippen LogP) is 1.43. The number of nitrogens with one attached hydrogen (secondary N) is 2. The topological polar surface area (TPSA) is 152 Å². The number of rotatable bonds is 12. The van der Waals surface area contributed by atoms with Crippen LogP contribution >= 0.6 is 11.6 Å². The van der Waals surface area contributed by atoms with Crippen LogP contribution in [0.4, 0.5) is 17.3 Å². The molecule has 35 heavy (non-hydrogen) atoms. The molecule has 2 aromatic rings. The number of carbonyl (C=O) groups excluding carboxylic acids is 2. The van der Waals surface area contributed by atoms with Crippen LogP contribution in [0.2, 0.25) is 5.15 Å². The zero-order valence-corrected chi connectivity index (χ0v) is 21.3. The summed E-state index contributed by atoms with van der Waals surface area (Å²) >= 11 is 5.86. The first-order valence-corrected chi connectivity index (χ1v) is 11.4. The Kier molecular flexibility index (Phi) is 10.1. The lowest BCUT2D eigenvalue weighted by Gasteiger charge is -2.27. The highest BCUT2D eigenvalue weighted by atomic mass is 35.5. The fourth-order valence-corrected chi connectivity index (χ4v) is 3.33. The number of anilines is 3. The lowest BCUT2D eigenvalue weighted by molar-refractivity contribution is -0.121. The quantitative estimate of drug-likeness (QED) is 0.314. The highest BCUT2D eigenvalue weighted by molar-refractivity contribution is 6.31. The molecule has 1 heterocycles. The van der Waals surface area contributed by atoms with E-state index in [1.165, 1.54) is 0 Å². The molecule has 0 aliphatic rings. The van der Waals surface area contributed by atoms with Gasteiger partial charge < -0.3 is 36.6 Å². The second-order valence-corrected chi connectivity index (χ2v) is 8.37. The molecular formula is C23H33ClN8O3. The molecular weight excluding hydrogens is 472 g/mol. The molecule has 0 unspecified atom stereocenters. The van der Waals surface area contributed by atoms with Gasteiger partial charge in [0, 0.05) is 24.0 Å². The third-order valence-electron chi connectivity index (χ3n) is 4.90. The summed E-state index contributed by atoms with van der Waals surface area (Å²) in [6.45, 7) is 9.86. The van der Waals surface area contributed by atoms with Gasteiger partial charge in [-0.1, -0.05) is 24.2 Å². The molecule has 12 heteroatoms. The van der Waals surface area contributed by atoms with Crippen LogP contribution in [0.15, 0.2) is 30.5 Å². The van der Waals surface area contributed by atoms with Crippen molar-refractivity contribution >= 4 is 40.7 Å². The molecule has 0 saturated heterocycles. The molecule has 0 atom stereocenters. The monoisotopic (exact) mass is 504 g/mol. The first kappa shape index (κ1) is 27.7. The van der Waals surface area contributed by atoms with Gasteiger partial charge in [-0.05, 0) is 39.6 Å². The number of nitrogens with zero attached hydrogens (tertiary/aromatic N) is 4. The smallest absolute Gasteiger partial charge is 0.274 e. The van der Waals surface area contributed by atoms with Crippen molar-refractivity contribution in [2.24, 2.45) is 0 Å². The molecule has 0 radical (unpaired) electrons. The number of aryl methyl sites for hydroxylation is 1. The Morgan fingerprint density at radius 2 is 1.89 bits per heavy atom. The Labute approximate surface area is 210 Å². The van der Waals surface area contributed by atoms with E-state index in [0.29, 0.717) is 37.7 Å². The maximum atomic E-state index is 12.6. The number of hydrogen-bond donors (Lipinski definition) is 4. The van der Waals surface area contributed by atoms with E-state index in [1.807, 2.05) is 51.0 Å². The summed E-state index contributed by atoms with van der Waals surface area (Å²) < 4.78 is 5.82. The normalized spacial score (nSPS) is 10.7. The minimum Gasteiger partial charge on any atom is -0.492 e. The van der Waals surface area contributed by atoms with Crippen LogP contribution in [0.3, 0.4) is 0 Å². The lowest BCUT2D eigenvalue weighted by atomic mass is 10.1. The summed E-state index contributed by atoms with van der Waals surface area (Å²) in [7, 11) is 3.67. The van der Waals surface area contributed by atoms with Crippen molar-refractivity contribution in [3.63, 3.8) is 0 Å². The molecule has 0 bridgehead atoms. The number of benzene rings is 1. The number of amides is 2. The van der Waals surface area contributed by atoms with Crippen molar-refractivity contribution in [2.75, 3.05) is 63.2 Å². The fraction of sp³-hybridized carbons (Fsp3) is 0.391. The Bertz CT molecular complexity index is 1080. The van der Waals surface area contributed by atoms with E-state index in [-0.39, 0.29) is 34.9 Å². The van der Waals surface area contributed by atoms with Gasteiger partial charge in [-0.2, -0.15) is 0 Å². The van der Waals surface area contributed by atoms with Crippen molar-refractivity contribution in [2.45, 2.75) is 13.8 Å². The van der Waals surface area contributed by atoms with Gasteiger partial charge in [0.25, 0.3) is 5.91 Å². The average molecular weight is 505 g/mol. The number of hydrogen-bond acceptors (Lipinski definition) is 9. The second kappa shape index (κ2) is 12.8. The van der Waals surface area contributed by atoms with Gasteiger partial charge in [0.2, 0.25) is 5.91 Å². The highest BCUT2D eigenvalue weighted by Crippen LogP contribution is 2.28. The molecule has 0 saturated carbocycles. The summed E-state index contributed by atoms with van der Waals surface area (Å²) in [6, 6.07) is 5.71. The maximum Gasteiger partial charge on any atom is 0.274 e. The van der Waals surface area contributed by atoms with Crippen molar-refractivity contribution in [3.05, 3.63) is 46.9 Å². The molecule has 2 amide bonds. The van der Waals surface area contributed by atoms with Gasteiger partial charge in [0.15, 0.2) is 22.5 Å². The molecule has 11 nitrogen and oxygen atoms in total. The van der Waals surface area contributed by atoms with Gasteiger partial charge in [-0.3, -0.25) is 9.59 Å². The van der Waals surface area contributed by atoms with E-state index < -0.39 is 5.91 Å². The first-order valence-electron chi connectivity index (χ1n) is 11.0. The van der Waals surface area contributed by atoms with E-state index in [4.69, 9.17) is 27.8 Å². The number of nitrogen functional groups attached to an aromatic ring is 2. The Balaban J connectivity index is 2.00. The van der Waals surface area contributed by atoms with Gasteiger partial charge in [-0.15, -0.1) is 0 Å². The fourth-order valence-electron chi connectivity index (χ4n) is 3.21. The summed E-state index contributed by atoms with van der Waals surface area (Å²) in [5.41, 5.74) is 13.7. The minimum absolute atomic E-state index is 0.0456. The van der Waals surface area contributed by atoms with Crippen LogP contribution in [0.25, 0.3) is 0 Å². The number of likely N-dealkylation sites (N-methyl/N-ethyl adjacent to an activating group) is 2. The molecule has 2 rings (SSSR count). The van der Waals surface area contributed by atoms with E-state index >= 15 is 0 Å². The van der Waals surface area contributed by atoms with Crippen LogP contribution in [0, 0.1) is 6.92 Å². The molecule has 0 aliphatic carbocycles. The molecule has 1 aromatic carbocycles. The average Bonchev–Trinajstić information content (AvgIpc) is 2.79. The standard InChI is InChI=1S/C23H33ClN8O3/c1-6-32(15(3)12-28-23(34)19-21(25)30-22(26)20(24)29-19)17-11-16(8-7-14(17)2)35-10-9-27-18(33)13-31(4)5/h7-8,11H,3,6,9-10,12-13H2,1-2,4-5H3,(H,27,33)(H,28,34)(H4,25,26,30). The zero-order chi connectivity index (χ0) is 26.1. The summed E-state index contributed by atoms with van der Waals surface area (Å²) in [6.07, 6.45) is 0. The SMILES string of the molecule is C=C(CNC(=O)c1nc(Cl)c(N)nc1N)N(CC)c1cc(OCCNC(=O)CN(C)C)ccc1C. The number of nitrogens with two attached hydrogens (primary N) is 2. The summed E-state index contributed by atoms with van der Waals surface area (Å²) in [5.74, 6) is -0.106.